The molecule has 0 spiro atoms. The lowest BCUT2D eigenvalue weighted by Gasteiger charge is -2.05. The van der Waals surface area contributed by atoms with E-state index in [0.717, 1.165) is 28.2 Å². The third-order valence-corrected chi connectivity index (χ3v) is 5.98. The van der Waals surface area contributed by atoms with E-state index in [1.807, 2.05) is 60.7 Å². The quantitative estimate of drug-likeness (QED) is 0.360. The van der Waals surface area contributed by atoms with Gasteiger partial charge in [0, 0.05) is 18.2 Å². The van der Waals surface area contributed by atoms with Crippen molar-refractivity contribution in [3.63, 3.8) is 0 Å². The summed E-state index contributed by atoms with van der Waals surface area (Å²) >= 11 is 1.72. The average Bonchev–Trinajstić information content (AvgIpc) is 3.16. The molecule has 4 aromatic rings. The Kier molecular flexibility index (Phi) is 6.05. The summed E-state index contributed by atoms with van der Waals surface area (Å²) in [5.74, 6) is 0.366. The van der Waals surface area contributed by atoms with Crippen molar-refractivity contribution in [2.45, 2.75) is 26.2 Å². The number of hydrogen-bond acceptors (Lipinski definition) is 3. The topological polar surface area (TPSA) is 42.0 Å². The van der Waals surface area contributed by atoms with Crippen LogP contribution in [0.5, 0.6) is 0 Å². The SMILES string of the molecule is CC(C)c1ccc(/C=C/C(=O)Nc2ccc(Cc3nc4ccccc4s3)cc2)cc1. The second kappa shape index (κ2) is 9.06. The van der Waals surface area contributed by atoms with Gasteiger partial charge in [-0.2, -0.15) is 0 Å². The second-order valence-electron chi connectivity index (χ2n) is 7.59. The molecule has 3 aromatic carbocycles. The number of thiazole rings is 1. The number of aromatic nitrogens is 1. The van der Waals surface area contributed by atoms with E-state index in [2.05, 4.69) is 42.3 Å². The fourth-order valence-electron chi connectivity index (χ4n) is 3.22. The summed E-state index contributed by atoms with van der Waals surface area (Å²) < 4.78 is 1.21. The molecule has 0 radical (unpaired) electrons. The summed E-state index contributed by atoms with van der Waals surface area (Å²) in [6, 6.07) is 24.4. The highest BCUT2D eigenvalue weighted by atomic mass is 32.1. The summed E-state index contributed by atoms with van der Waals surface area (Å²) in [7, 11) is 0. The minimum Gasteiger partial charge on any atom is -0.323 e. The first-order valence-corrected chi connectivity index (χ1v) is 10.9. The summed E-state index contributed by atoms with van der Waals surface area (Å²) in [5, 5.41) is 4.01. The largest absolute Gasteiger partial charge is 0.323 e. The van der Waals surface area contributed by atoms with Gasteiger partial charge >= 0.3 is 0 Å². The van der Waals surface area contributed by atoms with E-state index in [9.17, 15) is 4.79 Å². The molecular formula is C26H24N2OS. The third-order valence-electron chi connectivity index (χ3n) is 4.95. The van der Waals surface area contributed by atoms with Crippen LogP contribution in [0.25, 0.3) is 16.3 Å². The zero-order chi connectivity index (χ0) is 20.9. The highest BCUT2D eigenvalue weighted by Crippen LogP contribution is 2.24. The Balaban J connectivity index is 1.35. The van der Waals surface area contributed by atoms with Crippen molar-refractivity contribution in [1.29, 1.82) is 0 Å². The molecule has 30 heavy (non-hydrogen) atoms. The lowest BCUT2D eigenvalue weighted by molar-refractivity contribution is -0.111. The molecule has 0 fully saturated rings. The molecule has 1 amide bonds. The van der Waals surface area contributed by atoms with Crippen molar-refractivity contribution in [3.05, 3.63) is 101 Å². The molecule has 0 saturated heterocycles. The van der Waals surface area contributed by atoms with Crippen LogP contribution in [0, 0.1) is 0 Å². The summed E-state index contributed by atoms with van der Waals surface area (Å²) in [5.41, 5.74) is 5.32. The maximum absolute atomic E-state index is 12.2. The summed E-state index contributed by atoms with van der Waals surface area (Å²) in [4.78, 5) is 16.9. The molecule has 0 aliphatic carbocycles. The number of anilines is 1. The van der Waals surface area contributed by atoms with E-state index < -0.39 is 0 Å². The molecule has 3 nitrogen and oxygen atoms in total. The van der Waals surface area contributed by atoms with Crippen LogP contribution in [0.3, 0.4) is 0 Å². The van der Waals surface area contributed by atoms with E-state index in [0.29, 0.717) is 5.92 Å². The number of carbonyl (C=O) groups excluding carboxylic acids is 1. The van der Waals surface area contributed by atoms with Gasteiger partial charge in [0.05, 0.1) is 15.2 Å². The zero-order valence-electron chi connectivity index (χ0n) is 17.1. The van der Waals surface area contributed by atoms with Gasteiger partial charge in [-0.3, -0.25) is 4.79 Å². The third kappa shape index (κ3) is 5.02. The average molecular weight is 413 g/mol. The van der Waals surface area contributed by atoms with Gasteiger partial charge in [-0.15, -0.1) is 11.3 Å². The van der Waals surface area contributed by atoms with E-state index in [1.54, 1.807) is 17.4 Å². The summed E-state index contributed by atoms with van der Waals surface area (Å²) in [6.45, 7) is 4.34. The number of hydrogen-bond donors (Lipinski definition) is 1. The Morgan fingerprint density at radius 1 is 1.00 bits per heavy atom. The van der Waals surface area contributed by atoms with Crippen molar-refractivity contribution in [3.8, 4) is 0 Å². The van der Waals surface area contributed by atoms with Crippen LogP contribution in [0.4, 0.5) is 5.69 Å². The molecule has 4 heteroatoms. The number of fused-ring (bicyclic) bond motifs is 1. The molecule has 0 unspecified atom stereocenters. The molecule has 1 heterocycles. The minimum atomic E-state index is -0.137. The fraction of sp³-hybridized carbons (Fsp3) is 0.154. The van der Waals surface area contributed by atoms with Crippen molar-refractivity contribution < 1.29 is 4.79 Å². The van der Waals surface area contributed by atoms with Crippen LogP contribution < -0.4 is 5.32 Å². The normalized spacial score (nSPS) is 11.4. The van der Waals surface area contributed by atoms with Gasteiger partial charge in [-0.1, -0.05) is 62.4 Å². The molecule has 4 rings (SSSR count). The maximum Gasteiger partial charge on any atom is 0.248 e. The first kappa shape index (κ1) is 20.0. The molecule has 1 N–H and O–H groups in total. The molecule has 0 aliphatic rings. The van der Waals surface area contributed by atoms with Crippen LogP contribution >= 0.6 is 11.3 Å². The minimum absolute atomic E-state index is 0.137. The van der Waals surface area contributed by atoms with Crippen LogP contribution in [-0.4, -0.2) is 10.9 Å². The summed E-state index contributed by atoms with van der Waals surface area (Å²) in [6.07, 6.45) is 4.19. The molecular weight excluding hydrogens is 388 g/mol. The Hall–Kier alpha value is -3.24. The van der Waals surface area contributed by atoms with E-state index in [4.69, 9.17) is 0 Å². The number of rotatable bonds is 6. The standard InChI is InChI=1S/C26H24N2OS/c1-18(2)21-12-7-19(8-13-21)11-16-25(29)27-22-14-9-20(10-15-22)17-26-28-23-5-3-4-6-24(23)30-26/h3-16,18H,17H2,1-2H3,(H,27,29)/b16-11+. The Morgan fingerprint density at radius 3 is 2.43 bits per heavy atom. The van der Waals surface area contributed by atoms with Gasteiger partial charge in [-0.05, 0) is 52.9 Å². The molecule has 1 aromatic heterocycles. The highest BCUT2D eigenvalue weighted by molar-refractivity contribution is 7.18. The van der Waals surface area contributed by atoms with E-state index >= 15 is 0 Å². The van der Waals surface area contributed by atoms with Crippen LogP contribution in [-0.2, 0) is 11.2 Å². The van der Waals surface area contributed by atoms with Crippen LogP contribution in [0.15, 0.2) is 78.9 Å². The number of amides is 1. The molecule has 0 saturated carbocycles. The Labute approximate surface area is 181 Å². The number of carbonyl (C=O) groups is 1. The van der Waals surface area contributed by atoms with Gasteiger partial charge in [0.1, 0.15) is 0 Å². The van der Waals surface area contributed by atoms with E-state index in [1.165, 1.54) is 15.8 Å². The number of nitrogens with zero attached hydrogens (tertiary/aromatic N) is 1. The Bertz CT molecular complexity index is 1140. The molecule has 150 valence electrons. The Morgan fingerprint density at radius 2 is 1.73 bits per heavy atom. The monoisotopic (exact) mass is 412 g/mol. The van der Waals surface area contributed by atoms with Crippen molar-refractivity contribution in [2.75, 3.05) is 5.32 Å². The predicted molar refractivity (Wildman–Crippen MR) is 127 cm³/mol. The lowest BCUT2D eigenvalue weighted by Crippen LogP contribution is -2.07. The maximum atomic E-state index is 12.2. The van der Waals surface area contributed by atoms with Gasteiger partial charge in [-0.25, -0.2) is 4.98 Å². The first-order chi connectivity index (χ1) is 14.6. The lowest BCUT2D eigenvalue weighted by atomic mass is 10.0. The fourth-order valence-corrected chi connectivity index (χ4v) is 4.23. The van der Waals surface area contributed by atoms with E-state index in [-0.39, 0.29) is 5.91 Å². The van der Waals surface area contributed by atoms with Crippen molar-refractivity contribution in [2.24, 2.45) is 0 Å². The van der Waals surface area contributed by atoms with Crippen LogP contribution in [0.2, 0.25) is 0 Å². The number of para-hydroxylation sites is 1. The van der Waals surface area contributed by atoms with Crippen molar-refractivity contribution in [1.82, 2.24) is 4.98 Å². The molecule has 0 bridgehead atoms. The van der Waals surface area contributed by atoms with Gasteiger partial charge in [0.25, 0.3) is 0 Å². The number of benzene rings is 3. The van der Waals surface area contributed by atoms with Gasteiger partial charge < -0.3 is 5.32 Å². The van der Waals surface area contributed by atoms with Crippen molar-refractivity contribution >= 4 is 39.2 Å². The first-order valence-electron chi connectivity index (χ1n) is 10.1. The molecule has 0 aliphatic heterocycles. The predicted octanol–water partition coefficient (Wildman–Crippen LogP) is 6.66. The molecule has 0 atom stereocenters. The second-order valence-corrected chi connectivity index (χ2v) is 8.71. The smallest absolute Gasteiger partial charge is 0.248 e. The highest BCUT2D eigenvalue weighted by Gasteiger charge is 2.05. The number of nitrogens with one attached hydrogen (secondary N) is 1. The van der Waals surface area contributed by atoms with Gasteiger partial charge in [0.15, 0.2) is 0 Å². The zero-order valence-corrected chi connectivity index (χ0v) is 17.9. The van der Waals surface area contributed by atoms with Gasteiger partial charge in [0.2, 0.25) is 5.91 Å². The van der Waals surface area contributed by atoms with Crippen LogP contribution in [0.1, 0.15) is 41.5 Å².